The Morgan fingerprint density at radius 1 is 1.19 bits per heavy atom. The summed E-state index contributed by atoms with van der Waals surface area (Å²) in [7, 11) is 0. The van der Waals surface area contributed by atoms with Crippen LogP contribution < -0.4 is 10.2 Å². The van der Waals surface area contributed by atoms with E-state index < -0.39 is 0 Å². The number of para-hydroxylation sites is 1. The third-order valence-electron chi connectivity index (χ3n) is 4.70. The van der Waals surface area contributed by atoms with E-state index in [4.69, 9.17) is 0 Å². The normalized spacial score (nSPS) is 15.5. The van der Waals surface area contributed by atoms with E-state index in [9.17, 15) is 9.59 Å². The van der Waals surface area contributed by atoms with Crippen LogP contribution in [-0.2, 0) is 16.0 Å². The maximum Gasteiger partial charge on any atom is 0.237 e. The summed E-state index contributed by atoms with van der Waals surface area (Å²) >= 11 is 1.60. The minimum atomic E-state index is 0.0228. The number of aryl methyl sites for hydroxylation is 1. The fourth-order valence-corrected chi connectivity index (χ4v) is 4.26. The van der Waals surface area contributed by atoms with Crippen LogP contribution in [0.15, 0.2) is 48.5 Å². The minimum absolute atomic E-state index is 0.0228. The summed E-state index contributed by atoms with van der Waals surface area (Å²) in [5.74, 6) is 1.44. The number of thioether (sulfide) groups is 1. The highest BCUT2D eigenvalue weighted by Gasteiger charge is 2.29. The molecule has 2 aromatic carbocycles. The third kappa shape index (κ3) is 5.13. The summed E-state index contributed by atoms with van der Waals surface area (Å²) in [6, 6.07) is 16.1. The lowest BCUT2D eigenvalue weighted by Gasteiger charge is -2.22. The SMILES string of the molecule is Cc1cccc(NC(=O)CCCSCC(=O)N2c3ccccc3C[C@@H]2C)c1. The second-order valence-electron chi connectivity index (χ2n) is 7.02. The number of nitrogens with one attached hydrogen (secondary N) is 1. The molecule has 5 heteroatoms. The number of fused-ring (bicyclic) bond motifs is 1. The van der Waals surface area contributed by atoms with Crippen LogP contribution in [0.3, 0.4) is 0 Å². The molecule has 0 bridgehead atoms. The van der Waals surface area contributed by atoms with Gasteiger partial charge >= 0.3 is 0 Å². The Balaban J connectivity index is 1.38. The summed E-state index contributed by atoms with van der Waals surface area (Å²) in [6.45, 7) is 4.10. The monoisotopic (exact) mass is 382 g/mol. The summed E-state index contributed by atoms with van der Waals surface area (Å²) in [5, 5.41) is 2.92. The van der Waals surface area contributed by atoms with Crippen molar-refractivity contribution in [2.75, 3.05) is 21.7 Å². The average molecular weight is 383 g/mol. The van der Waals surface area contributed by atoms with Crippen molar-refractivity contribution in [3.05, 3.63) is 59.7 Å². The second-order valence-corrected chi connectivity index (χ2v) is 8.12. The molecule has 2 amide bonds. The molecule has 1 aliphatic rings. The second kappa shape index (κ2) is 9.09. The van der Waals surface area contributed by atoms with Crippen molar-refractivity contribution in [1.82, 2.24) is 0 Å². The van der Waals surface area contributed by atoms with Gasteiger partial charge in [-0.3, -0.25) is 9.59 Å². The lowest BCUT2D eigenvalue weighted by molar-refractivity contribution is -0.117. The highest BCUT2D eigenvalue weighted by molar-refractivity contribution is 7.99. The number of hydrogen-bond acceptors (Lipinski definition) is 3. The van der Waals surface area contributed by atoms with E-state index in [-0.39, 0.29) is 17.9 Å². The Kier molecular flexibility index (Phi) is 6.56. The molecule has 0 saturated heterocycles. The number of benzene rings is 2. The zero-order chi connectivity index (χ0) is 19.2. The van der Waals surface area contributed by atoms with Gasteiger partial charge in [0.05, 0.1) is 5.75 Å². The van der Waals surface area contributed by atoms with Gasteiger partial charge in [-0.05, 0) is 61.8 Å². The van der Waals surface area contributed by atoms with Gasteiger partial charge in [-0.15, -0.1) is 0 Å². The van der Waals surface area contributed by atoms with Crippen LogP contribution in [0.1, 0.15) is 30.9 Å². The first-order chi connectivity index (χ1) is 13.0. The third-order valence-corrected chi connectivity index (χ3v) is 5.72. The van der Waals surface area contributed by atoms with Crippen LogP contribution in [0.25, 0.3) is 0 Å². The van der Waals surface area contributed by atoms with Crippen molar-refractivity contribution in [3.63, 3.8) is 0 Å². The van der Waals surface area contributed by atoms with Crippen LogP contribution in [0.2, 0.25) is 0 Å². The number of carbonyl (C=O) groups is 2. The molecule has 0 unspecified atom stereocenters. The molecular formula is C22H26N2O2S. The first kappa shape index (κ1) is 19.5. The molecule has 0 radical (unpaired) electrons. The number of anilines is 2. The molecule has 1 aliphatic heterocycles. The first-order valence-electron chi connectivity index (χ1n) is 9.39. The maximum absolute atomic E-state index is 12.6. The van der Waals surface area contributed by atoms with Gasteiger partial charge in [0.25, 0.3) is 0 Å². The largest absolute Gasteiger partial charge is 0.326 e. The number of rotatable bonds is 7. The van der Waals surface area contributed by atoms with E-state index in [2.05, 4.69) is 18.3 Å². The van der Waals surface area contributed by atoms with Crippen molar-refractivity contribution in [2.24, 2.45) is 0 Å². The molecule has 0 aromatic heterocycles. The lowest BCUT2D eigenvalue weighted by Crippen LogP contribution is -2.37. The smallest absolute Gasteiger partial charge is 0.237 e. The van der Waals surface area contributed by atoms with E-state index in [1.54, 1.807) is 11.8 Å². The van der Waals surface area contributed by atoms with Crippen molar-refractivity contribution in [1.29, 1.82) is 0 Å². The fourth-order valence-electron chi connectivity index (χ4n) is 3.46. The zero-order valence-corrected chi connectivity index (χ0v) is 16.7. The topological polar surface area (TPSA) is 49.4 Å². The summed E-state index contributed by atoms with van der Waals surface area (Å²) in [6.07, 6.45) is 2.16. The molecule has 0 saturated carbocycles. The quantitative estimate of drug-likeness (QED) is 0.721. The fraction of sp³-hybridized carbons (Fsp3) is 0.364. The van der Waals surface area contributed by atoms with Crippen LogP contribution in [0.5, 0.6) is 0 Å². The summed E-state index contributed by atoms with van der Waals surface area (Å²) in [4.78, 5) is 26.6. The van der Waals surface area contributed by atoms with E-state index in [1.807, 2.05) is 54.3 Å². The van der Waals surface area contributed by atoms with E-state index >= 15 is 0 Å². The Hall–Kier alpha value is -2.27. The van der Waals surface area contributed by atoms with E-state index in [0.29, 0.717) is 12.2 Å². The predicted octanol–water partition coefficient (Wildman–Crippen LogP) is 4.42. The van der Waals surface area contributed by atoms with E-state index in [1.165, 1.54) is 5.56 Å². The number of nitrogens with zero attached hydrogens (tertiary/aromatic N) is 1. The molecule has 4 nitrogen and oxygen atoms in total. The molecule has 1 N–H and O–H groups in total. The molecule has 2 aromatic rings. The molecule has 3 rings (SSSR count). The average Bonchev–Trinajstić information content (AvgIpc) is 2.97. The van der Waals surface area contributed by atoms with Gasteiger partial charge in [0.2, 0.25) is 11.8 Å². The molecule has 27 heavy (non-hydrogen) atoms. The summed E-state index contributed by atoms with van der Waals surface area (Å²) in [5.41, 5.74) is 4.26. The van der Waals surface area contributed by atoms with Gasteiger partial charge in [-0.25, -0.2) is 0 Å². The first-order valence-corrected chi connectivity index (χ1v) is 10.5. The zero-order valence-electron chi connectivity index (χ0n) is 15.9. The van der Waals surface area contributed by atoms with Gasteiger partial charge in [0, 0.05) is 23.8 Å². The highest BCUT2D eigenvalue weighted by atomic mass is 32.2. The lowest BCUT2D eigenvalue weighted by atomic mass is 10.1. The number of hydrogen-bond donors (Lipinski definition) is 1. The standard InChI is InChI=1S/C22H26N2O2S/c1-16-7-5-9-19(13-16)23-21(25)11-6-12-27-15-22(26)24-17(2)14-18-8-3-4-10-20(18)24/h3-5,7-10,13,17H,6,11-12,14-15H2,1-2H3,(H,23,25)/t17-/m0/s1. The van der Waals surface area contributed by atoms with Crippen molar-refractivity contribution < 1.29 is 9.59 Å². The van der Waals surface area contributed by atoms with Gasteiger partial charge in [-0.2, -0.15) is 11.8 Å². The van der Waals surface area contributed by atoms with Gasteiger partial charge in [-0.1, -0.05) is 30.3 Å². The van der Waals surface area contributed by atoms with Gasteiger partial charge in [0.1, 0.15) is 0 Å². The molecule has 1 heterocycles. The van der Waals surface area contributed by atoms with Crippen molar-refractivity contribution in [3.8, 4) is 0 Å². The number of amides is 2. The van der Waals surface area contributed by atoms with E-state index in [0.717, 1.165) is 35.5 Å². The Bertz CT molecular complexity index is 821. The van der Waals surface area contributed by atoms with Crippen LogP contribution in [0.4, 0.5) is 11.4 Å². The van der Waals surface area contributed by atoms with Gasteiger partial charge in [0.15, 0.2) is 0 Å². The van der Waals surface area contributed by atoms with Crippen LogP contribution in [0, 0.1) is 6.92 Å². The molecule has 142 valence electrons. The van der Waals surface area contributed by atoms with Crippen LogP contribution in [-0.4, -0.2) is 29.4 Å². The predicted molar refractivity (Wildman–Crippen MR) is 113 cm³/mol. The molecule has 0 aliphatic carbocycles. The molecule has 0 fully saturated rings. The molecular weight excluding hydrogens is 356 g/mol. The highest BCUT2D eigenvalue weighted by Crippen LogP contribution is 2.32. The van der Waals surface area contributed by atoms with Crippen LogP contribution >= 0.6 is 11.8 Å². The Morgan fingerprint density at radius 2 is 2.00 bits per heavy atom. The minimum Gasteiger partial charge on any atom is -0.326 e. The molecule has 1 atom stereocenters. The Morgan fingerprint density at radius 3 is 2.81 bits per heavy atom. The summed E-state index contributed by atoms with van der Waals surface area (Å²) < 4.78 is 0. The Labute approximate surface area is 165 Å². The molecule has 0 spiro atoms. The maximum atomic E-state index is 12.6. The van der Waals surface area contributed by atoms with Crippen molar-refractivity contribution >= 4 is 35.0 Å². The number of carbonyl (C=O) groups excluding carboxylic acids is 2. The van der Waals surface area contributed by atoms with Gasteiger partial charge < -0.3 is 10.2 Å². The van der Waals surface area contributed by atoms with Crippen molar-refractivity contribution in [2.45, 2.75) is 39.2 Å².